The van der Waals surface area contributed by atoms with E-state index in [-0.39, 0.29) is 12.3 Å². The van der Waals surface area contributed by atoms with Gasteiger partial charge < -0.3 is 4.74 Å². The van der Waals surface area contributed by atoms with Crippen molar-refractivity contribution >= 4 is 33.2 Å². The van der Waals surface area contributed by atoms with Gasteiger partial charge in [0.1, 0.15) is 5.75 Å². The van der Waals surface area contributed by atoms with Gasteiger partial charge in [-0.1, -0.05) is 70.0 Å². The van der Waals surface area contributed by atoms with E-state index >= 15 is 0 Å². The molecule has 3 nitrogen and oxygen atoms in total. The molecule has 5 heteroatoms. The van der Waals surface area contributed by atoms with Gasteiger partial charge in [0.15, 0.2) is 0 Å². The van der Waals surface area contributed by atoms with Crippen LogP contribution in [0.4, 0.5) is 0 Å². The molecule has 2 aliphatic heterocycles. The Morgan fingerprint density at radius 2 is 1.78 bits per heavy atom. The van der Waals surface area contributed by atoms with E-state index in [0.29, 0.717) is 5.02 Å². The molecule has 0 fully saturated rings. The molecule has 2 atom stereocenters. The molecule has 2 aliphatic rings. The number of hydrogen-bond donors (Lipinski definition) is 0. The molecule has 134 valence electrons. The lowest BCUT2D eigenvalue weighted by Gasteiger charge is -2.38. The highest BCUT2D eigenvalue weighted by Gasteiger charge is 2.41. The molecule has 0 N–H and O–H groups in total. The van der Waals surface area contributed by atoms with Crippen molar-refractivity contribution in [1.29, 1.82) is 0 Å². The topological polar surface area (TPSA) is 24.8 Å². The summed E-state index contributed by atoms with van der Waals surface area (Å²) in [7, 11) is 0. The van der Waals surface area contributed by atoms with Crippen molar-refractivity contribution in [3.63, 3.8) is 0 Å². The summed E-state index contributed by atoms with van der Waals surface area (Å²) in [5, 5.41) is 7.76. The zero-order valence-corrected chi connectivity index (χ0v) is 16.7. The lowest BCUT2D eigenvalue weighted by atomic mass is 9.96. The van der Waals surface area contributed by atoms with Crippen LogP contribution in [-0.2, 0) is 0 Å². The van der Waals surface area contributed by atoms with Gasteiger partial charge in [-0.15, -0.1) is 0 Å². The minimum Gasteiger partial charge on any atom is -0.464 e. The molecule has 0 amide bonds. The van der Waals surface area contributed by atoms with E-state index in [1.165, 1.54) is 0 Å². The van der Waals surface area contributed by atoms with Crippen molar-refractivity contribution in [3.8, 4) is 5.75 Å². The summed E-state index contributed by atoms with van der Waals surface area (Å²) in [6, 6.07) is 24.5. The molecule has 27 heavy (non-hydrogen) atoms. The zero-order valence-electron chi connectivity index (χ0n) is 14.3. The van der Waals surface area contributed by atoms with Gasteiger partial charge in [0.05, 0.1) is 11.8 Å². The van der Waals surface area contributed by atoms with Crippen LogP contribution in [0, 0.1) is 0 Å². The lowest BCUT2D eigenvalue weighted by Crippen LogP contribution is -2.33. The van der Waals surface area contributed by atoms with E-state index < -0.39 is 0 Å². The first-order valence-electron chi connectivity index (χ1n) is 8.82. The fraction of sp³-hybridized carbons (Fsp3) is 0.136. The van der Waals surface area contributed by atoms with Crippen LogP contribution < -0.4 is 4.74 Å². The predicted octanol–water partition coefficient (Wildman–Crippen LogP) is 6.34. The molecule has 0 spiro atoms. The molecule has 0 saturated heterocycles. The number of hydrazone groups is 1. The standard InChI is InChI=1S/C22H16BrClN2O/c23-16-8-11-21-18(12-16)20-13-19(14-4-2-1-3-5-14)25-26(20)22(27-21)15-6-9-17(24)10-7-15/h1-12,20,22H,13H2. The highest BCUT2D eigenvalue weighted by Crippen LogP contribution is 2.48. The second-order valence-electron chi connectivity index (χ2n) is 6.72. The lowest BCUT2D eigenvalue weighted by molar-refractivity contribution is -0.0190. The molecule has 0 bridgehead atoms. The SMILES string of the molecule is Clc1ccc(C2Oc3ccc(Br)cc3C3CC(c4ccccc4)=NN32)cc1. The fourth-order valence-electron chi connectivity index (χ4n) is 3.71. The maximum atomic E-state index is 6.37. The Morgan fingerprint density at radius 3 is 2.56 bits per heavy atom. The molecule has 0 aromatic heterocycles. The van der Waals surface area contributed by atoms with Crippen LogP contribution in [0.25, 0.3) is 0 Å². The second-order valence-corrected chi connectivity index (χ2v) is 8.07. The Morgan fingerprint density at radius 1 is 1.00 bits per heavy atom. The number of benzene rings is 3. The van der Waals surface area contributed by atoms with E-state index in [0.717, 1.165) is 39.0 Å². The minimum absolute atomic E-state index is 0.141. The molecule has 3 aromatic carbocycles. The van der Waals surface area contributed by atoms with Crippen LogP contribution in [0.5, 0.6) is 5.75 Å². The van der Waals surface area contributed by atoms with E-state index in [2.05, 4.69) is 39.1 Å². The number of halogens is 2. The van der Waals surface area contributed by atoms with Gasteiger partial charge in [-0.25, -0.2) is 5.01 Å². The number of hydrogen-bond acceptors (Lipinski definition) is 3. The Kier molecular flexibility index (Phi) is 4.18. The van der Waals surface area contributed by atoms with Gasteiger partial charge in [0, 0.05) is 27.0 Å². The molecule has 5 rings (SSSR count). The minimum atomic E-state index is -0.276. The molecule has 0 radical (unpaired) electrons. The van der Waals surface area contributed by atoms with Gasteiger partial charge in [0.25, 0.3) is 0 Å². The first kappa shape index (κ1) is 16.8. The van der Waals surface area contributed by atoms with E-state index in [1.807, 2.05) is 54.6 Å². The van der Waals surface area contributed by atoms with Gasteiger partial charge in [0.2, 0.25) is 6.23 Å². The Labute approximate surface area is 171 Å². The first-order chi connectivity index (χ1) is 13.2. The van der Waals surface area contributed by atoms with Crippen LogP contribution >= 0.6 is 27.5 Å². The molecule has 2 unspecified atom stereocenters. The van der Waals surface area contributed by atoms with E-state index in [9.17, 15) is 0 Å². The molecule has 3 aromatic rings. The summed E-state index contributed by atoms with van der Waals surface area (Å²) in [4.78, 5) is 0. The first-order valence-corrected chi connectivity index (χ1v) is 9.99. The number of fused-ring (bicyclic) bond motifs is 3. The Hall–Kier alpha value is -2.30. The van der Waals surface area contributed by atoms with Crippen molar-refractivity contribution < 1.29 is 4.74 Å². The highest BCUT2D eigenvalue weighted by molar-refractivity contribution is 9.10. The average molecular weight is 440 g/mol. The van der Waals surface area contributed by atoms with Crippen LogP contribution in [0.15, 0.2) is 82.4 Å². The number of ether oxygens (including phenoxy) is 1. The van der Waals surface area contributed by atoms with Gasteiger partial charge in [-0.3, -0.25) is 0 Å². The molecular formula is C22H16BrClN2O. The van der Waals surface area contributed by atoms with Gasteiger partial charge in [-0.05, 0) is 35.9 Å². The van der Waals surface area contributed by atoms with Crippen LogP contribution in [0.1, 0.15) is 35.4 Å². The molecular weight excluding hydrogens is 424 g/mol. The zero-order chi connectivity index (χ0) is 18.4. The van der Waals surface area contributed by atoms with Gasteiger partial charge in [-0.2, -0.15) is 5.10 Å². The average Bonchev–Trinajstić information content (AvgIpc) is 3.15. The van der Waals surface area contributed by atoms with Crippen LogP contribution in [0.2, 0.25) is 5.02 Å². The van der Waals surface area contributed by atoms with E-state index in [4.69, 9.17) is 21.4 Å². The summed E-state index contributed by atoms with van der Waals surface area (Å²) in [6.45, 7) is 0. The third-order valence-electron chi connectivity index (χ3n) is 5.01. The molecule has 0 saturated carbocycles. The number of rotatable bonds is 2. The summed E-state index contributed by atoms with van der Waals surface area (Å²) in [6.07, 6.45) is 0.572. The quantitative estimate of drug-likeness (QED) is 0.465. The summed E-state index contributed by atoms with van der Waals surface area (Å²) in [5.74, 6) is 0.906. The van der Waals surface area contributed by atoms with Crippen molar-refractivity contribution in [2.75, 3.05) is 0 Å². The normalized spacial score (nSPS) is 20.5. The number of nitrogens with zero attached hydrogens (tertiary/aromatic N) is 2. The maximum absolute atomic E-state index is 6.37. The maximum Gasteiger partial charge on any atom is 0.213 e. The third-order valence-corrected chi connectivity index (χ3v) is 5.76. The molecule has 2 heterocycles. The predicted molar refractivity (Wildman–Crippen MR) is 111 cm³/mol. The van der Waals surface area contributed by atoms with Crippen molar-refractivity contribution in [2.24, 2.45) is 5.10 Å². The summed E-state index contributed by atoms with van der Waals surface area (Å²) in [5.41, 5.74) is 4.43. The van der Waals surface area contributed by atoms with Crippen molar-refractivity contribution in [2.45, 2.75) is 18.7 Å². The fourth-order valence-corrected chi connectivity index (χ4v) is 4.22. The molecule has 0 aliphatic carbocycles. The van der Waals surface area contributed by atoms with Crippen molar-refractivity contribution in [3.05, 3.63) is 99.0 Å². The monoisotopic (exact) mass is 438 g/mol. The van der Waals surface area contributed by atoms with Gasteiger partial charge >= 0.3 is 0 Å². The smallest absolute Gasteiger partial charge is 0.213 e. The van der Waals surface area contributed by atoms with Crippen LogP contribution in [0.3, 0.4) is 0 Å². The highest BCUT2D eigenvalue weighted by atomic mass is 79.9. The van der Waals surface area contributed by atoms with E-state index in [1.54, 1.807) is 0 Å². The van der Waals surface area contributed by atoms with Crippen LogP contribution in [-0.4, -0.2) is 10.7 Å². The second kappa shape index (κ2) is 6.70. The largest absolute Gasteiger partial charge is 0.464 e. The Bertz CT molecular complexity index is 1020. The summed E-state index contributed by atoms with van der Waals surface area (Å²) >= 11 is 9.67. The summed E-state index contributed by atoms with van der Waals surface area (Å²) < 4.78 is 7.41. The Balaban J connectivity index is 1.61. The third kappa shape index (κ3) is 3.03. The van der Waals surface area contributed by atoms with Crippen molar-refractivity contribution in [1.82, 2.24) is 5.01 Å².